The van der Waals surface area contributed by atoms with Crippen LogP contribution < -0.4 is 5.32 Å². The van der Waals surface area contributed by atoms with Gasteiger partial charge in [0.05, 0.1) is 0 Å². The number of nitrogens with one attached hydrogen (secondary N) is 1. The van der Waals surface area contributed by atoms with Crippen LogP contribution in [0, 0.1) is 32.1 Å². The molecule has 0 aliphatic rings. The summed E-state index contributed by atoms with van der Waals surface area (Å²) in [6, 6.07) is 19.2. The van der Waals surface area contributed by atoms with Crippen LogP contribution in [0.4, 0.5) is 5.69 Å². The molecule has 0 aliphatic heterocycles. The topological polar surface area (TPSA) is 52.9 Å². The number of anilines is 1. The van der Waals surface area contributed by atoms with Crippen LogP contribution in [0.25, 0.3) is 6.08 Å². The first-order chi connectivity index (χ1) is 14.8. The molecule has 0 fully saturated rings. The van der Waals surface area contributed by atoms with Crippen molar-refractivity contribution in [2.24, 2.45) is 0 Å². The molecule has 3 aromatic carbocycles. The minimum Gasteiger partial charge on any atom is -0.321 e. The predicted molar refractivity (Wildman–Crippen MR) is 129 cm³/mol. The molecule has 0 aliphatic carbocycles. The molecule has 0 spiro atoms. The Morgan fingerprint density at radius 2 is 1.74 bits per heavy atom. The van der Waals surface area contributed by atoms with E-state index in [9.17, 15) is 10.1 Å². The summed E-state index contributed by atoms with van der Waals surface area (Å²) in [5, 5.41) is 13.5. The van der Waals surface area contributed by atoms with Crippen LogP contribution in [0.2, 0.25) is 10.0 Å². The smallest absolute Gasteiger partial charge is 0.266 e. The number of nitriles is 1. The number of halogens is 2. The summed E-state index contributed by atoms with van der Waals surface area (Å²) in [6.07, 6.45) is 2.25. The highest BCUT2D eigenvalue weighted by Gasteiger charge is 2.13. The highest BCUT2D eigenvalue weighted by molar-refractivity contribution is 6.32. The molecule has 3 aromatic rings. The van der Waals surface area contributed by atoms with Crippen molar-refractivity contribution < 1.29 is 4.79 Å². The number of hydrogen-bond donors (Lipinski definition) is 1. The van der Waals surface area contributed by atoms with Crippen LogP contribution in [-0.4, -0.2) is 5.91 Å². The number of aryl methyl sites for hydroxylation is 2. The second-order valence-electron chi connectivity index (χ2n) is 7.55. The lowest BCUT2D eigenvalue weighted by atomic mass is 9.96. The van der Waals surface area contributed by atoms with Gasteiger partial charge in [-0.2, -0.15) is 5.26 Å². The third kappa shape index (κ3) is 5.76. The molecule has 0 heterocycles. The molecular weight excluding hydrogens is 427 g/mol. The van der Waals surface area contributed by atoms with Crippen molar-refractivity contribution in [3.8, 4) is 6.07 Å². The van der Waals surface area contributed by atoms with E-state index < -0.39 is 5.91 Å². The van der Waals surface area contributed by atoms with Crippen LogP contribution in [0.5, 0.6) is 0 Å². The number of nitrogens with zero attached hydrogens (tertiary/aromatic N) is 1. The summed E-state index contributed by atoms with van der Waals surface area (Å²) >= 11 is 12.3. The number of benzene rings is 3. The van der Waals surface area contributed by atoms with Crippen LogP contribution in [-0.2, 0) is 11.2 Å². The van der Waals surface area contributed by atoms with Gasteiger partial charge in [0, 0.05) is 15.7 Å². The van der Waals surface area contributed by atoms with Gasteiger partial charge in [0.2, 0.25) is 0 Å². The van der Waals surface area contributed by atoms with E-state index in [1.54, 1.807) is 30.3 Å². The summed E-state index contributed by atoms with van der Waals surface area (Å²) in [5.41, 5.74) is 6.56. The maximum Gasteiger partial charge on any atom is 0.266 e. The van der Waals surface area contributed by atoms with E-state index in [-0.39, 0.29) is 5.57 Å². The van der Waals surface area contributed by atoms with E-state index >= 15 is 0 Å². The van der Waals surface area contributed by atoms with Crippen molar-refractivity contribution in [3.63, 3.8) is 0 Å². The zero-order valence-corrected chi connectivity index (χ0v) is 19.1. The molecular formula is C26H22Cl2N2O. The lowest BCUT2D eigenvalue weighted by molar-refractivity contribution is -0.112. The van der Waals surface area contributed by atoms with Crippen molar-refractivity contribution >= 4 is 40.9 Å². The quantitative estimate of drug-likeness (QED) is 0.335. The fourth-order valence-corrected chi connectivity index (χ4v) is 3.84. The number of hydrogen-bond acceptors (Lipinski definition) is 2. The van der Waals surface area contributed by atoms with Crippen molar-refractivity contribution in [1.82, 2.24) is 0 Å². The summed E-state index contributed by atoms with van der Waals surface area (Å²) in [7, 11) is 0. The highest BCUT2D eigenvalue weighted by Crippen LogP contribution is 2.25. The zero-order valence-electron chi connectivity index (χ0n) is 17.6. The molecule has 1 amide bonds. The maximum atomic E-state index is 12.8. The van der Waals surface area contributed by atoms with E-state index in [1.807, 2.05) is 25.1 Å². The Hall–Kier alpha value is -3.06. The molecule has 5 heteroatoms. The number of carbonyl (C=O) groups is 1. The molecule has 0 unspecified atom stereocenters. The molecule has 1 N–H and O–H groups in total. The van der Waals surface area contributed by atoms with Gasteiger partial charge in [0.1, 0.15) is 11.6 Å². The normalized spacial score (nSPS) is 11.2. The summed E-state index contributed by atoms with van der Waals surface area (Å²) < 4.78 is 0. The Morgan fingerprint density at radius 1 is 1.03 bits per heavy atom. The Kier molecular flexibility index (Phi) is 7.17. The minimum atomic E-state index is -0.495. The van der Waals surface area contributed by atoms with E-state index in [0.717, 1.165) is 22.3 Å². The average Bonchev–Trinajstić information content (AvgIpc) is 2.70. The molecule has 0 saturated carbocycles. The monoisotopic (exact) mass is 448 g/mol. The SMILES string of the molecule is Cc1cc(C)cc(Cc2ccc(Cl)cc2/C=C(\C#N)C(=O)Nc2cccc(Cl)c2C)c1. The van der Waals surface area contributed by atoms with Crippen molar-refractivity contribution in [3.05, 3.63) is 104 Å². The Bertz CT molecular complexity index is 1200. The Balaban J connectivity index is 1.94. The Morgan fingerprint density at radius 3 is 2.42 bits per heavy atom. The molecule has 3 nitrogen and oxygen atoms in total. The standard InChI is InChI=1S/C26H22Cl2N2O/c1-16-9-17(2)11-19(10-16)12-20-7-8-23(27)14-21(20)13-22(15-29)26(31)30-25-6-4-5-24(28)18(25)3/h4-11,13-14H,12H2,1-3H3,(H,30,31)/b22-13+. The van der Waals surface area contributed by atoms with Gasteiger partial charge in [-0.15, -0.1) is 0 Å². The second kappa shape index (κ2) is 9.83. The molecule has 0 saturated heterocycles. The third-order valence-corrected chi connectivity index (χ3v) is 5.61. The van der Waals surface area contributed by atoms with Gasteiger partial charge in [0.15, 0.2) is 0 Å². The van der Waals surface area contributed by atoms with E-state index in [1.165, 1.54) is 11.1 Å². The van der Waals surface area contributed by atoms with Crippen LogP contribution in [0.3, 0.4) is 0 Å². The van der Waals surface area contributed by atoms with Gasteiger partial charge in [-0.05, 0) is 79.8 Å². The lowest BCUT2D eigenvalue weighted by Gasteiger charge is -2.11. The number of carbonyl (C=O) groups excluding carboxylic acids is 1. The van der Waals surface area contributed by atoms with Gasteiger partial charge < -0.3 is 5.32 Å². The van der Waals surface area contributed by atoms with E-state index in [4.69, 9.17) is 23.2 Å². The third-order valence-electron chi connectivity index (χ3n) is 4.96. The Labute approximate surface area is 192 Å². The minimum absolute atomic E-state index is 0.0108. The fraction of sp³-hybridized carbons (Fsp3) is 0.154. The summed E-state index contributed by atoms with van der Waals surface area (Å²) in [6.45, 7) is 5.94. The van der Waals surface area contributed by atoms with Gasteiger partial charge >= 0.3 is 0 Å². The fourth-order valence-electron chi connectivity index (χ4n) is 3.49. The molecule has 31 heavy (non-hydrogen) atoms. The zero-order chi connectivity index (χ0) is 22.5. The lowest BCUT2D eigenvalue weighted by Crippen LogP contribution is -2.14. The van der Waals surface area contributed by atoms with E-state index in [0.29, 0.717) is 22.2 Å². The molecule has 0 bridgehead atoms. The van der Waals surface area contributed by atoms with Crippen LogP contribution in [0.1, 0.15) is 33.4 Å². The van der Waals surface area contributed by atoms with Gasteiger partial charge in [-0.25, -0.2) is 0 Å². The first-order valence-corrected chi connectivity index (χ1v) is 10.6. The number of amides is 1. The predicted octanol–water partition coefficient (Wildman–Crippen LogP) is 7.06. The molecule has 0 aromatic heterocycles. The molecule has 0 radical (unpaired) electrons. The molecule has 156 valence electrons. The largest absolute Gasteiger partial charge is 0.321 e. The van der Waals surface area contributed by atoms with Gasteiger partial charge in [-0.1, -0.05) is 64.7 Å². The van der Waals surface area contributed by atoms with Crippen molar-refractivity contribution in [2.45, 2.75) is 27.2 Å². The van der Waals surface area contributed by atoms with Gasteiger partial charge in [0.25, 0.3) is 5.91 Å². The molecule has 3 rings (SSSR count). The first-order valence-electron chi connectivity index (χ1n) is 9.80. The van der Waals surface area contributed by atoms with E-state index in [2.05, 4.69) is 37.4 Å². The van der Waals surface area contributed by atoms with Gasteiger partial charge in [-0.3, -0.25) is 4.79 Å². The summed E-state index contributed by atoms with van der Waals surface area (Å²) in [5.74, 6) is -0.495. The van der Waals surface area contributed by atoms with Crippen molar-refractivity contribution in [2.75, 3.05) is 5.32 Å². The van der Waals surface area contributed by atoms with Crippen LogP contribution >= 0.6 is 23.2 Å². The maximum absolute atomic E-state index is 12.8. The highest BCUT2D eigenvalue weighted by atomic mass is 35.5. The number of rotatable bonds is 5. The average molecular weight is 449 g/mol. The second-order valence-corrected chi connectivity index (χ2v) is 8.40. The molecule has 0 atom stereocenters. The summed E-state index contributed by atoms with van der Waals surface area (Å²) in [4.78, 5) is 12.8. The van der Waals surface area contributed by atoms with Crippen molar-refractivity contribution in [1.29, 1.82) is 5.26 Å². The first kappa shape index (κ1) is 22.6. The van der Waals surface area contributed by atoms with Crippen LogP contribution in [0.15, 0.2) is 60.2 Å².